The maximum Gasteiger partial charge on any atom is 0.162 e. The molecule has 0 fully saturated rings. The number of aromatic nitrogens is 4. The number of hydrogen-bond acceptors (Lipinski definition) is 5. The summed E-state index contributed by atoms with van der Waals surface area (Å²) in [5, 5.41) is 1.92. The third-order valence-corrected chi connectivity index (χ3v) is 6.81. The Morgan fingerprint density at radius 1 is 1.25 bits per heavy atom. The molecule has 0 saturated carbocycles. The molecule has 3 aromatic rings. The van der Waals surface area contributed by atoms with Crippen molar-refractivity contribution in [1.82, 2.24) is 18.9 Å². The molecule has 0 aliphatic rings. The SMILES string of the molecule is Cc1nsc(-c2ccc3c(Br)cn(COCC[Si](C)(C)C)c3n2)n1. The van der Waals surface area contributed by atoms with Gasteiger partial charge in [-0.2, -0.15) is 4.37 Å². The fourth-order valence-corrected chi connectivity index (χ4v) is 4.23. The van der Waals surface area contributed by atoms with E-state index in [1.54, 1.807) is 0 Å². The number of halogens is 1. The lowest BCUT2D eigenvalue weighted by molar-refractivity contribution is 0.0898. The fraction of sp³-hybridized carbons (Fsp3) is 0.438. The smallest absolute Gasteiger partial charge is 0.162 e. The summed E-state index contributed by atoms with van der Waals surface area (Å²) in [6.07, 6.45) is 2.03. The summed E-state index contributed by atoms with van der Waals surface area (Å²) < 4.78 is 13.2. The van der Waals surface area contributed by atoms with E-state index in [9.17, 15) is 0 Å². The van der Waals surface area contributed by atoms with Crippen LogP contribution in [-0.4, -0.2) is 33.6 Å². The zero-order valence-corrected chi connectivity index (χ0v) is 17.7. The first kappa shape index (κ1) is 17.7. The van der Waals surface area contributed by atoms with Crippen LogP contribution in [0.1, 0.15) is 5.82 Å². The summed E-state index contributed by atoms with van der Waals surface area (Å²) in [4.78, 5) is 9.20. The maximum absolute atomic E-state index is 5.88. The zero-order chi connectivity index (χ0) is 17.3. The molecule has 3 heterocycles. The van der Waals surface area contributed by atoms with Crippen molar-refractivity contribution >= 4 is 46.6 Å². The summed E-state index contributed by atoms with van der Waals surface area (Å²) in [5.74, 6) is 0.781. The second kappa shape index (κ2) is 7.03. The molecular weight excluding hydrogens is 404 g/mol. The number of ether oxygens (including phenoxy) is 1. The molecule has 0 amide bonds. The van der Waals surface area contributed by atoms with Crippen LogP contribution in [0, 0.1) is 6.92 Å². The molecule has 128 valence electrons. The minimum Gasteiger partial charge on any atom is -0.361 e. The van der Waals surface area contributed by atoms with Crippen molar-refractivity contribution in [1.29, 1.82) is 0 Å². The van der Waals surface area contributed by atoms with Crippen LogP contribution < -0.4 is 0 Å². The van der Waals surface area contributed by atoms with Crippen molar-refractivity contribution in [3.63, 3.8) is 0 Å². The van der Waals surface area contributed by atoms with Crippen molar-refractivity contribution in [3.05, 3.63) is 28.6 Å². The Hall–Kier alpha value is -1.09. The average Bonchev–Trinajstić information content (AvgIpc) is 3.07. The summed E-state index contributed by atoms with van der Waals surface area (Å²) in [5.41, 5.74) is 1.75. The molecule has 0 aliphatic carbocycles. The van der Waals surface area contributed by atoms with E-state index in [-0.39, 0.29) is 0 Å². The molecule has 5 nitrogen and oxygen atoms in total. The van der Waals surface area contributed by atoms with Gasteiger partial charge >= 0.3 is 0 Å². The van der Waals surface area contributed by atoms with Crippen molar-refractivity contribution in [2.75, 3.05) is 6.61 Å². The normalized spacial score (nSPS) is 12.2. The van der Waals surface area contributed by atoms with Crippen LogP contribution in [0.15, 0.2) is 22.8 Å². The maximum atomic E-state index is 5.88. The molecule has 0 spiro atoms. The lowest BCUT2D eigenvalue weighted by atomic mass is 10.3. The molecule has 0 saturated heterocycles. The van der Waals surface area contributed by atoms with Gasteiger partial charge in [0, 0.05) is 30.7 Å². The van der Waals surface area contributed by atoms with Gasteiger partial charge in [0.1, 0.15) is 23.9 Å². The van der Waals surface area contributed by atoms with Crippen LogP contribution in [-0.2, 0) is 11.5 Å². The third kappa shape index (κ3) is 4.11. The second-order valence-corrected chi connectivity index (χ2v) is 14.2. The van der Waals surface area contributed by atoms with Gasteiger partial charge in [0.05, 0.1) is 0 Å². The Labute approximate surface area is 155 Å². The number of rotatable bonds is 6. The van der Waals surface area contributed by atoms with E-state index in [1.807, 2.05) is 23.8 Å². The van der Waals surface area contributed by atoms with Crippen molar-refractivity contribution in [3.8, 4) is 10.7 Å². The van der Waals surface area contributed by atoms with Gasteiger partial charge < -0.3 is 9.30 Å². The quantitative estimate of drug-likeness (QED) is 0.415. The molecule has 0 aromatic carbocycles. The monoisotopic (exact) mass is 424 g/mol. The molecule has 0 atom stereocenters. The highest BCUT2D eigenvalue weighted by Crippen LogP contribution is 2.28. The summed E-state index contributed by atoms with van der Waals surface area (Å²) >= 11 is 4.99. The highest BCUT2D eigenvalue weighted by atomic mass is 79.9. The van der Waals surface area contributed by atoms with E-state index in [2.05, 4.69) is 51.0 Å². The first-order valence-corrected chi connectivity index (χ1v) is 13.1. The molecule has 8 heteroatoms. The Morgan fingerprint density at radius 3 is 2.71 bits per heavy atom. The lowest BCUT2D eigenvalue weighted by Gasteiger charge is -2.15. The van der Waals surface area contributed by atoms with Crippen molar-refractivity contribution in [2.24, 2.45) is 0 Å². The van der Waals surface area contributed by atoms with Gasteiger partial charge in [0.25, 0.3) is 0 Å². The second-order valence-electron chi connectivity index (χ2n) is 7.01. The van der Waals surface area contributed by atoms with Crippen LogP contribution in [0.25, 0.3) is 21.7 Å². The van der Waals surface area contributed by atoms with Gasteiger partial charge in [-0.25, -0.2) is 9.97 Å². The van der Waals surface area contributed by atoms with E-state index in [1.165, 1.54) is 11.5 Å². The van der Waals surface area contributed by atoms with Crippen LogP contribution in [0.3, 0.4) is 0 Å². The van der Waals surface area contributed by atoms with Crippen LogP contribution >= 0.6 is 27.5 Å². The van der Waals surface area contributed by atoms with Crippen molar-refractivity contribution in [2.45, 2.75) is 39.3 Å². The molecule has 0 unspecified atom stereocenters. The van der Waals surface area contributed by atoms with Gasteiger partial charge in [-0.3, -0.25) is 0 Å². The Balaban J connectivity index is 1.82. The van der Waals surface area contributed by atoms with Gasteiger partial charge in [0.15, 0.2) is 5.01 Å². The first-order chi connectivity index (χ1) is 11.3. The topological polar surface area (TPSA) is 52.8 Å². The fourth-order valence-electron chi connectivity index (χ4n) is 2.28. The van der Waals surface area contributed by atoms with Gasteiger partial charge in [0.2, 0.25) is 0 Å². The highest BCUT2D eigenvalue weighted by molar-refractivity contribution is 9.10. The van der Waals surface area contributed by atoms with E-state index in [0.717, 1.165) is 44.7 Å². The van der Waals surface area contributed by atoms with Crippen LogP contribution in [0.5, 0.6) is 0 Å². The van der Waals surface area contributed by atoms with Gasteiger partial charge in [-0.1, -0.05) is 19.6 Å². The van der Waals surface area contributed by atoms with E-state index in [4.69, 9.17) is 9.72 Å². The average molecular weight is 425 g/mol. The Morgan fingerprint density at radius 2 is 2.04 bits per heavy atom. The molecule has 0 N–H and O–H groups in total. The molecule has 0 radical (unpaired) electrons. The molecule has 0 bridgehead atoms. The Bertz CT molecular complexity index is 855. The first-order valence-electron chi connectivity index (χ1n) is 7.87. The summed E-state index contributed by atoms with van der Waals surface area (Å²) in [6, 6.07) is 5.22. The number of hydrogen-bond donors (Lipinski definition) is 0. The molecule has 3 aromatic heterocycles. The molecule has 24 heavy (non-hydrogen) atoms. The Kier molecular flexibility index (Phi) is 5.19. The lowest BCUT2D eigenvalue weighted by Crippen LogP contribution is -2.22. The van der Waals surface area contributed by atoms with Crippen molar-refractivity contribution < 1.29 is 4.74 Å². The van der Waals surface area contributed by atoms with Crippen LogP contribution in [0.2, 0.25) is 25.7 Å². The molecule has 0 aliphatic heterocycles. The molecular formula is C16H21BrN4OSSi. The largest absolute Gasteiger partial charge is 0.361 e. The standard InChI is InChI=1S/C16H21BrN4OSSi/c1-11-18-16(23-20-11)14-6-5-12-13(17)9-21(15(12)19-14)10-22-7-8-24(2,3)4/h5-6,9H,7-8,10H2,1-4H3. The van der Waals surface area contributed by atoms with E-state index in [0.29, 0.717) is 6.73 Å². The number of nitrogens with zero attached hydrogens (tertiary/aromatic N) is 4. The molecule has 3 rings (SSSR count). The predicted octanol–water partition coefficient (Wildman–Crippen LogP) is 4.94. The van der Waals surface area contributed by atoms with Gasteiger partial charge in [-0.15, -0.1) is 0 Å². The van der Waals surface area contributed by atoms with Gasteiger partial charge in [-0.05, 0) is 52.6 Å². The van der Waals surface area contributed by atoms with E-state index >= 15 is 0 Å². The summed E-state index contributed by atoms with van der Waals surface area (Å²) in [6.45, 7) is 10.3. The predicted molar refractivity (Wildman–Crippen MR) is 105 cm³/mol. The van der Waals surface area contributed by atoms with E-state index < -0.39 is 8.07 Å². The number of fused-ring (bicyclic) bond motifs is 1. The number of aryl methyl sites for hydroxylation is 1. The third-order valence-electron chi connectivity index (χ3n) is 3.65. The summed E-state index contributed by atoms with van der Waals surface area (Å²) in [7, 11) is -1.07. The highest BCUT2D eigenvalue weighted by Gasteiger charge is 2.14. The number of pyridine rings is 1. The minimum absolute atomic E-state index is 0.512. The minimum atomic E-state index is -1.07. The van der Waals surface area contributed by atoms with Crippen LogP contribution in [0.4, 0.5) is 0 Å². The zero-order valence-electron chi connectivity index (χ0n) is 14.3.